The second kappa shape index (κ2) is 5.26. The molecule has 1 amide bonds. The predicted octanol–water partition coefficient (Wildman–Crippen LogP) is 2.55. The van der Waals surface area contributed by atoms with Crippen molar-refractivity contribution in [3.63, 3.8) is 0 Å². The number of carbonyl (C=O) groups excluding carboxylic acids is 1. The minimum Gasteiger partial charge on any atom is -0.480 e. The van der Waals surface area contributed by atoms with Gasteiger partial charge in [0, 0.05) is 0 Å². The van der Waals surface area contributed by atoms with Crippen molar-refractivity contribution in [1.29, 1.82) is 0 Å². The van der Waals surface area contributed by atoms with Crippen LogP contribution < -0.4 is 5.32 Å². The van der Waals surface area contributed by atoms with Crippen LogP contribution in [0.5, 0.6) is 0 Å². The largest absolute Gasteiger partial charge is 0.480 e. The second-order valence-electron chi connectivity index (χ2n) is 5.64. The fraction of sp³-hybridized carbons (Fsp3) is 0.818. The Hall–Kier alpha value is -1.47. The van der Waals surface area contributed by atoms with Gasteiger partial charge in [0.1, 0.15) is 11.6 Å². The Balaban J connectivity index is 5.07. The summed E-state index contributed by atoms with van der Waals surface area (Å²) >= 11 is 0. The molecule has 0 aliphatic heterocycles. The maximum Gasteiger partial charge on any atom is 0.408 e. The van der Waals surface area contributed by atoms with E-state index in [1.54, 1.807) is 5.32 Å². The first-order valence-corrected chi connectivity index (χ1v) is 5.47. The van der Waals surface area contributed by atoms with E-state index in [0.717, 1.165) is 0 Å². The second-order valence-corrected chi connectivity index (χ2v) is 5.64. The standard InChI is InChI=1S/C11H18F3NO4/c1-9(2,3)19-8(18)15-6(7(16)17)10(4,5)11(12,13)14/h6H,1-5H3,(H,15,18)(H,16,17)/t6-/m0/s1. The van der Waals surface area contributed by atoms with E-state index in [1.165, 1.54) is 20.8 Å². The summed E-state index contributed by atoms with van der Waals surface area (Å²) in [5.41, 5.74) is -3.56. The first-order valence-electron chi connectivity index (χ1n) is 5.47. The molecule has 0 aromatic carbocycles. The molecule has 0 unspecified atom stereocenters. The number of nitrogens with one attached hydrogen (secondary N) is 1. The molecule has 112 valence electrons. The van der Waals surface area contributed by atoms with Gasteiger partial charge in [-0.1, -0.05) is 0 Å². The van der Waals surface area contributed by atoms with Gasteiger partial charge in [-0.2, -0.15) is 13.2 Å². The molecule has 0 radical (unpaired) electrons. The van der Waals surface area contributed by atoms with E-state index in [2.05, 4.69) is 0 Å². The normalized spacial score (nSPS) is 14.7. The lowest BCUT2D eigenvalue weighted by atomic mass is 9.83. The molecule has 0 saturated heterocycles. The molecule has 1 atom stereocenters. The van der Waals surface area contributed by atoms with Crippen LogP contribution in [0.25, 0.3) is 0 Å². The number of halogens is 3. The van der Waals surface area contributed by atoms with E-state index in [1.807, 2.05) is 0 Å². The van der Waals surface area contributed by atoms with E-state index in [0.29, 0.717) is 13.8 Å². The molecule has 0 aromatic rings. The molecule has 0 saturated carbocycles. The number of carbonyl (C=O) groups is 2. The summed E-state index contributed by atoms with van der Waals surface area (Å²) in [7, 11) is 0. The van der Waals surface area contributed by atoms with Gasteiger partial charge in [-0.3, -0.25) is 0 Å². The Morgan fingerprint density at radius 3 is 1.79 bits per heavy atom. The van der Waals surface area contributed by atoms with Crippen molar-refractivity contribution < 1.29 is 32.6 Å². The van der Waals surface area contributed by atoms with Crippen LogP contribution in [0.4, 0.5) is 18.0 Å². The Labute approximate surface area is 109 Å². The first kappa shape index (κ1) is 17.5. The molecule has 0 aromatic heterocycles. The van der Waals surface area contributed by atoms with Gasteiger partial charge in [0.15, 0.2) is 0 Å². The van der Waals surface area contributed by atoms with Gasteiger partial charge < -0.3 is 15.2 Å². The lowest BCUT2D eigenvalue weighted by Gasteiger charge is -2.34. The molecule has 8 heteroatoms. The van der Waals surface area contributed by atoms with Crippen LogP contribution in [0.15, 0.2) is 0 Å². The number of carboxylic acids is 1. The predicted molar refractivity (Wildman–Crippen MR) is 60.6 cm³/mol. The average Bonchev–Trinajstić information content (AvgIpc) is 2.08. The van der Waals surface area contributed by atoms with Crippen LogP contribution in [0, 0.1) is 5.41 Å². The highest BCUT2D eigenvalue weighted by atomic mass is 19.4. The van der Waals surface area contributed by atoms with Crippen LogP contribution in [0.3, 0.4) is 0 Å². The molecule has 0 rings (SSSR count). The smallest absolute Gasteiger partial charge is 0.408 e. The Kier molecular flexibility index (Phi) is 4.85. The minimum atomic E-state index is -4.79. The van der Waals surface area contributed by atoms with Crippen molar-refractivity contribution >= 4 is 12.1 Å². The van der Waals surface area contributed by atoms with Crippen LogP contribution in [0.2, 0.25) is 0 Å². The molecule has 0 spiro atoms. The molecule has 0 aliphatic carbocycles. The average molecular weight is 285 g/mol. The number of alkyl halides is 3. The number of hydrogen-bond donors (Lipinski definition) is 2. The summed E-state index contributed by atoms with van der Waals surface area (Å²) in [6, 6.07) is -2.14. The zero-order valence-corrected chi connectivity index (χ0v) is 11.4. The number of carboxylic acid groups (broad SMARTS) is 1. The molecular weight excluding hydrogens is 267 g/mol. The molecule has 5 nitrogen and oxygen atoms in total. The summed E-state index contributed by atoms with van der Waals surface area (Å²) in [5, 5.41) is 10.6. The van der Waals surface area contributed by atoms with Gasteiger partial charge >= 0.3 is 18.2 Å². The van der Waals surface area contributed by atoms with Crippen molar-refractivity contribution in [2.24, 2.45) is 5.41 Å². The number of amides is 1. The molecule has 0 fully saturated rings. The third-order valence-corrected chi connectivity index (χ3v) is 2.36. The SMILES string of the molecule is CC(C)(C)OC(=O)N[C@@H](C(=O)O)C(C)(C)C(F)(F)F. The van der Waals surface area contributed by atoms with Gasteiger partial charge in [-0.25, -0.2) is 9.59 Å². The fourth-order valence-corrected chi connectivity index (χ4v) is 1.14. The zero-order chi connectivity index (χ0) is 15.6. The molecular formula is C11H18F3NO4. The van der Waals surface area contributed by atoms with Gasteiger partial charge in [0.2, 0.25) is 0 Å². The monoisotopic (exact) mass is 285 g/mol. The van der Waals surface area contributed by atoms with Gasteiger partial charge in [-0.15, -0.1) is 0 Å². The van der Waals surface area contributed by atoms with Gasteiger partial charge in [0.05, 0.1) is 5.41 Å². The summed E-state index contributed by atoms with van der Waals surface area (Å²) < 4.78 is 43.1. The van der Waals surface area contributed by atoms with Crippen LogP contribution in [0.1, 0.15) is 34.6 Å². The fourth-order valence-electron chi connectivity index (χ4n) is 1.14. The summed E-state index contributed by atoms with van der Waals surface area (Å²) in [6.45, 7) is 5.93. The van der Waals surface area contributed by atoms with Crippen LogP contribution in [-0.4, -0.2) is 35.0 Å². The van der Waals surface area contributed by atoms with Crippen molar-refractivity contribution in [3.8, 4) is 0 Å². The van der Waals surface area contributed by atoms with E-state index in [4.69, 9.17) is 9.84 Å². The van der Waals surface area contributed by atoms with E-state index < -0.39 is 35.3 Å². The maximum absolute atomic E-state index is 12.8. The third-order valence-electron chi connectivity index (χ3n) is 2.36. The van der Waals surface area contributed by atoms with Crippen molar-refractivity contribution in [1.82, 2.24) is 5.32 Å². The number of rotatable bonds is 3. The molecule has 0 heterocycles. The highest BCUT2D eigenvalue weighted by molar-refractivity contribution is 5.81. The molecule has 0 bridgehead atoms. The number of hydrogen-bond acceptors (Lipinski definition) is 3. The Morgan fingerprint density at radius 2 is 1.53 bits per heavy atom. The molecule has 2 N–H and O–H groups in total. The number of alkyl carbamates (subject to hydrolysis) is 1. The highest BCUT2D eigenvalue weighted by Gasteiger charge is 2.56. The number of aliphatic carboxylic acids is 1. The van der Waals surface area contributed by atoms with Gasteiger partial charge in [-0.05, 0) is 34.6 Å². The van der Waals surface area contributed by atoms with Crippen molar-refractivity contribution in [2.75, 3.05) is 0 Å². The quantitative estimate of drug-likeness (QED) is 0.835. The van der Waals surface area contributed by atoms with Crippen LogP contribution in [-0.2, 0) is 9.53 Å². The minimum absolute atomic E-state index is 0.698. The van der Waals surface area contributed by atoms with Crippen molar-refractivity contribution in [2.45, 2.75) is 52.4 Å². The maximum atomic E-state index is 12.8. The lowest BCUT2D eigenvalue weighted by Crippen LogP contribution is -2.56. The lowest BCUT2D eigenvalue weighted by molar-refractivity contribution is -0.223. The van der Waals surface area contributed by atoms with E-state index in [9.17, 15) is 22.8 Å². The summed E-state index contributed by atoms with van der Waals surface area (Å²) in [6.07, 6.45) is -6.00. The first-order chi connectivity index (χ1) is 8.18. The van der Waals surface area contributed by atoms with Gasteiger partial charge in [0.25, 0.3) is 0 Å². The molecule has 0 aliphatic rings. The summed E-state index contributed by atoms with van der Waals surface area (Å²) in [5.74, 6) is -1.78. The Morgan fingerprint density at radius 1 is 1.11 bits per heavy atom. The number of ether oxygens (including phenoxy) is 1. The van der Waals surface area contributed by atoms with E-state index in [-0.39, 0.29) is 0 Å². The van der Waals surface area contributed by atoms with Crippen LogP contribution >= 0.6 is 0 Å². The Bertz CT molecular complexity index is 358. The zero-order valence-electron chi connectivity index (χ0n) is 11.4. The summed E-state index contributed by atoms with van der Waals surface area (Å²) in [4.78, 5) is 22.3. The third kappa shape index (κ3) is 4.96. The topological polar surface area (TPSA) is 75.6 Å². The molecule has 19 heavy (non-hydrogen) atoms. The van der Waals surface area contributed by atoms with Crippen molar-refractivity contribution in [3.05, 3.63) is 0 Å². The highest BCUT2D eigenvalue weighted by Crippen LogP contribution is 2.40. The van der Waals surface area contributed by atoms with E-state index >= 15 is 0 Å².